The third kappa shape index (κ3) is 2.16. The van der Waals surface area contributed by atoms with Crippen molar-refractivity contribution < 1.29 is 24.9 Å². The third-order valence-electron chi connectivity index (χ3n) is 3.20. The van der Waals surface area contributed by atoms with Gasteiger partial charge in [0.25, 0.3) is 0 Å². The molecule has 0 aromatic heterocycles. The highest BCUT2D eigenvalue weighted by atomic mass is 16.4. The van der Waals surface area contributed by atoms with Gasteiger partial charge in [0.1, 0.15) is 11.4 Å². The predicted octanol–water partition coefficient (Wildman–Crippen LogP) is 0.304. The van der Waals surface area contributed by atoms with Crippen LogP contribution in [0.1, 0.15) is 20.8 Å². The van der Waals surface area contributed by atoms with Crippen LogP contribution in [-0.4, -0.2) is 33.4 Å². The van der Waals surface area contributed by atoms with Gasteiger partial charge in [0.15, 0.2) is 0 Å². The Bertz CT molecular complexity index is 435. The van der Waals surface area contributed by atoms with Crippen LogP contribution in [0.4, 0.5) is 0 Å². The maximum absolute atomic E-state index is 11.0. The number of hydrogen-bond acceptors (Lipinski definition) is 4. The van der Waals surface area contributed by atoms with E-state index in [2.05, 4.69) is 5.32 Å². The molecule has 0 saturated carbocycles. The fourth-order valence-corrected chi connectivity index (χ4v) is 1.70. The highest BCUT2D eigenvalue weighted by Crippen LogP contribution is 2.37. The monoisotopic (exact) mass is 241 g/mol. The molecule has 1 aliphatic rings. The minimum absolute atomic E-state index is 0.201. The van der Waals surface area contributed by atoms with Crippen molar-refractivity contribution >= 4 is 11.9 Å². The summed E-state index contributed by atoms with van der Waals surface area (Å²) in [5.74, 6) is -2.51. The lowest BCUT2D eigenvalue weighted by Gasteiger charge is -2.35. The van der Waals surface area contributed by atoms with Crippen molar-refractivity contribution in [3.8, 4) is 0 Å². The summed E-state index contributed by atoms with van der Waals surface area (Å²) in [6, 6.07) is 0. The molecule has 1 aliphatic heterocycles. The Morgan fingerprint density at radius 3 is 2.24 bits per heavy atom. The first-order valence-electron chi connectivity index (χ1n) is 5.06. The molecule has 0 aromatic rings. The molecular weight excluding hydrogens is 226 g/mol. The van der Waals surface area contributed by atoms with E-state index in [9.17, 15) is 14.7 Å². The van der Waals surface area contributed by atoms with Crippen LogP contribution in [0.25, 0.3) is 0 Å². The van der Waals surface area contributed by atoms with Gasteiger partial charge in [-0.25, -0.2) is 9.59 Å². The smallest absolute Gasteiger partial charge is 0.352 e. The zero-order valence-corrected chi connectivity index (χ0v) is 9.81. The average molecular weight is 241 g/mol. The topological polar surface area (TPSA) is 107 Å². The standard InChI is InChI=1S/C11H15NO5/c1-5-8(10(16)17)12-7(9(14)15)4-11(5,3)6(2)13/h4,6,12-13H,1-3H3,(H,14,15)(H,16,17). The van der Waals surface area contributed by atoms with E-state index in [-0.39, 0.29) is 11.4 Å². The van der Waals surface area contributed by atoms with Crippen LogP contribution in [0.2, 0.25) is 0 Å². The molecule has 6 nitrogen and oxygen atoms in total. The molecule has 0 radical (unpaired) electrons. The second kappa shape index (κ2) is 4.21. The fraction of sp³-hybridized carbons (Fsp3) is 0.455. The highest BCUT2D eigenvalue weighted by molar-refractivity contribution is 5.93. The fourth-order valence-electron chi connectivity index (χ4n) is 1.70. The van der Waals surface area contributed by atoms with Gasteiger partial charge in [-0.3, -0.25) is 0 Å². The van der Waals surface area contributed by atoms with Crippen LogP contribution < -0.4 is 5.32 Å². The van der Waals surface area contributed by atoms with Crippen molar-refractivity contribution in [1.82, 2.24) is 5.32 Å². The van der Waals surface area contributed by atoms with Gasteiger partial charge in [0.05, 0.1) is 6.10 Å². The Morgan fingerprint density at radius 1 is 1.35 bits per heavy atom. The molecule has 94 valence electrons. The van der Waals surface area contributed by atoms with Gasteiger partial charge in [0.2, 0.25) is 0 Å². The molecule has 0 spiro atoms. The maximum Gasteiger partial charge on any atom is 0.352 e. The molecule has 2 unspecified atom stereocenters. The molecule has 0 aliphatic carbocycles. The average Bonchev–Trinajstić information content (AvgIpc) is 2.20. The molecular formula is C11H15NO5. The normalized spacial score (nSPS) is 26.0. The van der Waals surface area contributed by atoms with Gasteiger partial charge in [0, 0.05) is 5.41 Å². The maximum atomic E-state index is 11.0. The number of aliphatic hydroxyl groups excluding tert-OH is 1. The van der Waals surface area contributed by atoms with Crippen LogP contribution >= 0.6 is 0 Å². The molecule has 17 heavy (non-hydrogen) atoms. The van der Waals surface area contributed by atoms with Crippen molar-refractivity contribution in [2.24, 2.45) is 5.41 Å². The largest absolute Gasteiger partial charge is 0.477 e. The first-order valence-corrected chi connectivity index (χ1v) is 5.06. The third-order valence-corrected chi connectivity index (χ3v) is 3.20. The van der Waals surface area contributed by atoms with E-state index in [0.29, 0.717) is 5.57 Å². The van der Waals surface area contributed by atoms with Gasteiger partial charge in [-0.15, -0.1) is 0 Å². The van der Waals surface area contributed by atoms with Crippen LogP contribution in [0.3, 0.4) is 0 Å². The quantitative estimate of drug-likeness (QED) is 0.566. The minimum Gasteiger partial charge on any atom is -0.477 e. The van der Waals surface area contributed by atoms with Gasteiger partial charge in [-0.1, -0.05) is 0 Å². The lowest BCUT2D eigenvalue weighted by Crippen LogP contribution is -2.40. The van der Waals surface area contributed by atoms with E-state index >= 15 is 0 Å². The number of nitrogens with one attached hydrogen (secondary N) is 1. The van der Waals surface area contributed by atoms with Crippen LogP contribution in [0, 0.1) is 5.41 Å². The lowest BCUT2D eigenvalue weighted by atomic mass is 9.75. The number of rotatable bonds is 3. The molecule has 4 N–H and O–H groups in total. The number of dihydropyridines is 1. The zero-order chi connectivity index (χ0) is 13.4. The molecule has 0 aromatic carbocycles. The molecule has 6 heteroatoms. The highest BCUT2D eigenvalue weighted by Gasteiger charge is 2.38. The van der Waals surface area contributed by atoms with Crippen LogP contribution in [0.15, 0.2) is 23.0 Å². The summed E-state index contributed by atoms with van der Waals surface area (Å²) in [7, 11) is 0. The summed E-state index contributed by atoms with van der Waals surface area (Å²) in [6.07, 6.45) is 0.440. The van der Waals surface area contributed by atoms with Gasteiger partial charge < -0.3 is 20.6 Å². The number of aliphatic carboxylic acids is 2. The van der Waals surface area contributed by atoms with E-state index in [1.807, 2.05) is 0 Å². The summed E-state index contributed by atoms with van der Waals surface area (Å²) >= 11 is 0. The summed E-state index contributed by atoms with van der Waals surface area (Å²) in [5.41, 5.74) is -1.05. The van der Waals surface area contributed by atoms with Crippen molar-refractivity contribution in [1.29, 1.82) is 0 Å². The molecule has 0 amide bonds. The molecule has 2 atom stereocenters. The van der Waals surface area contributed by atoms with Crippen molar-refractivity contribution in [3.05, 3.63) is 23.0 Å². The summed E-state index contributed by atoms with van der Waals surface area (Å²) < 4.78 is 0. The Labute approximate surface area is 98.3 Å². The molecule has 0 bridgehead atoms. The second-order valence-electron chi connectivity index (χ2n) is 4.25. The Kier molecular flexibility index (Phi) is 3.28. The van der Waals surface area contributed by atoms with Crippen molar-refractivity contribution in [2.45, 2.75) is 26.9 Å². The van der Waals surface area contributed by atoms with Gasteiger partial charge in [-0.05, 0) is 32.4 Å². The number of carboxylic acids is 2. The number of aliphatic hydroxyl groups is 1. The van der Waals surface area contributed by atoms with Gasteiger partial charge >= 0.3 is 11.9 Å². The van der Waals surface area contributed by atoms with E-state index in [0.717, 1.165) is 0 Å². The number of hydrogen-bond donors (Lipinski definition) is 4. The SMILES string of the molecule is CC1=C(C(=O)O)NC(C(=O)O)=CC1(C)C(C)O. The van der Waals surface area contributed by atoms with E-state index in [1.165, 1.54) is 13.0 Å². The van der Waals surface area contributed by atoms with E-state index in [4.69, 9.17) is 10.2 Å². The minimum atomic E-state index is -1.26. The number of carboxylic acid groups (broad SMARTS) is 2. The summed E-state index contributed by atoms with van der Waals surface area (Å²) in [5, 5.41) is 30.0. The number of carbonyl (C=O) groups is 2. The Morgan fingerprint density at radius 2 is 1.88 bits per heavy atom. The first-order chi connectivity index (χ1) is 7.70. The van der Waals surface area contributed by atoms with E-state index < -0.39 is 23.5 Å². The summed E-state index contributed by atoms with van der Waals surface area (Å²) in [6.45, 7) is 4.64. The Balaban J connectivity index is 3.37. The lowest BCUT2D eigenvalue weighted by molar-refractivity contribution is -0.133. The van der Waals surface area contributed by atoms with Gasteiger partial charge in [-0.2, -0.15) is 0 Å². The van der Waals surface area contributed by atoms with Crippen molar-refractivity contribution in [3.63, 3.8) is 0 Å². The predicted molar refractivity (Wildman–Crippen MR) is 59.0 cm³/mol. The van der Waals surface area contributed by atoms with Crippen molar-refractivity contribution in [2.75, 3.05) is 0 Å². The second-order valence-corrected chi connectivity index (χ2v) is 4.25. The summed E-state index contributed by atoms with van der Waals surface area (Å²) in [4.78, 5) is 21.9. The van der Waals surface area contributed by atoms with Crippen LogP contribution in [-0.2, 0) is 9.59 Å². The molecule has 0 saturated heterocycles. The molecule has 1 rings (SSSR count). The zero-order valence-electron chi connectivity index (χ0n) is 9.81. The van der Waals surface area contributed by atoms with E-state index in [1.54, 1.807) is 13.8 Å². The Hall–Kier alpha value is -1.82. The molecule has 0 fully saturated rings. The first kappa shape index (κ1) is 13.2. The molecule has 1 heterocycles. The van der Waals surface area contributed by atoms with Crippen LogP contribution in [0.5, 0.6) is 0 Å².